The number of carbonyl (C=O) groups is 1. The molecular formula is C16H15ClN4OS. The van der Waals surface area contributed by atoms with E-state index in [2.05, 4.69) is 15.2 Å². The molecule has 23 heavy (non-hydrogen) atoms. The molecule has 0 bridgehead atoms. The van der Waals surface area contributed by atoms with Crippen LogP contribution >= 0.6 is 22.9 Å². The highest BCUT2D eigenvalue weighted by Gasteiger charge is 2.23. The Labute approximate surface area is 143 Å². The zero-order valence-corrected chi connectivity index (χ0v) is 13.9. The standard InChI is InChI=1S/C16H15ClN4OS/c17-14-7-11(8-18)9-19-15(14)21-4-1-13(2-5-21)20-16(22)12-3-6-23-10-12/h3,6-7,9-10,13H,1-2,4-5H2,(H,20,22). The van der Waals surface area contributed by atoms with E-state index in [1.807, 2.05) is 22.9 Å². The first kappa shape index (κ1) is 15.8. The van der Waals surface area contributed by atoms with Crippen molar-refractivity contribution in [2.75, 3.05) is 18.0 Å². The van der Waals surface area contributed by atoms with Crippen LogP contribution in [0.4, 0.5) is 5.82 Å². The van der Waals surface area contributed by atoms with Gasteiger partial charge < -0.3 is 10.2 Å². The van der Waals surface area contributed by atoms with Crippen molar-refractivity contribution in [2.24, 2.45) is 0 Å². The summed E-state index contributed by atoms with van der Waals surface area (Å²) in [7, 11) is 0. The molecular weight excluding hydrogens is 332 g/mol. The monoisotopic (exact) mass is 346 g/mol. The third kappa shape index (κ3) is 3.63. The minimum Gasteiger partial charge on any atom is -0.355 e. The summed E-state index contributed by atoms with van der Waals surface area (Å²) < 4.78 is 0. The molecule has 1 N–H and O–H groups in total. The average Bonchev–Trinajstić information content (AvgIpc) is 3.10. The summed E-state index contributed by atoms with van der Waals surface area (Å²) in [6.45, 7) is 1.54. The van der Waals surface area contributed by atoms with Crippen LogP contribution in [0.2, 0.25) is 5.02 Å². The number of nitriles is 1. The Hall–Kier alpha value is -2.10. The maximum Gasteiger partial charge on any atom is 0.252 e. The summed E-state index contributed by atoms with van der Waals surface area (Å²) in [6, 6.07) is 5.65. The van der Waals surface area contributed by atoms with Crippen molar-refractivity contribution in [3.05, 3.63) is 45.2 Å². The maximum atomic E-state index is 12.1. The molecule has 0 radical (unpaired) electrons. The van der Waals surface area contributed by atoms with E-state index in [1.165, 1.54) is 17.5 Å². The van der Waals surface area contributed by atoms with Crippen LogP contribution < -0.4 is 10.2 Å². The normalized spacial score (nSPS) is 15.2. The van der Waals surface area contributed by atoms with E-state index < -0.39 is 0 Å². The number of rotatable bonds is 3. The van der Waals surface area contributed by atoms with Crippen molar-refractivity contribution in [3.63, 3.8) is 0 Å². The lowest BCUT2D eigenvalue weighted by Crippen LogP contribution is -2.45. The summed E-state index contributed by atoms with van der Waals surface area (Å²) in [5.74, 6) is 0.688. The van der Waals surface area contributed by atoms with E-state index in [9.17, 15) is 4.79 Å². The van der Waals surface area contributed by atoms with Gasteiger partial charge in [0.25, 0.3) is 5.91 Å². The van der Waals surface area contributed by atoms with Crippen LogP contribution in [0.25, 0.3) is 0 Å². The molecule has 1 aliphatic heterocycles. The van der Waals surface area contributed by atoms with Crippen LogP contribution in [-0.4, -0.2) is 30.0 Å². The van der Waals surface area contributed by atoms with Gasteiger partial charge in [-0.25, -0.2) is 4.98 Å². The molecule has 0 atom stereocenters. The summed E-state index contributed by atoms with van der Waals surface area (Å²) in [5.41, 5.74) is 1.17. The Bertz CT molecular complexity index is 733. The molecule has 7 heteroatoms. The van der Waals surface area contributed by atoms with Crippen molar-refractivity contribution in [2.45, 2.75) is 18.9 Å². The number of nitrogens with one attached hydrogen (secondary N) is 1. The second kappa shape index (κ2) is 6.99. The topological polar surface area (TPSA) is 69.0 Å². The molecule has 0 unspecified atom stereocenters. The van der Waals surface area contributed by atoms with Crippen molar-refractivity contribution < 1.29 is 4.79 Å². The van der Waals surface area contributed by atoms with Gasteiger partial charge in [0.1, 0.15) is 11.9 Å². The van der Waals surface area contributed by atoms with E-state index in [-0.39, 0.29) is 11.9 Å². The Kier molecular flexibility index (Phi) is 4.79. The van der Waals surface area contributed by atoms with Gasteiger partial charge in [0.05, 0.1) is 10.6 Å². The zero-order valence-electron chi connectivity index (χ0n) is 12.3. The number of hydrogen-bond donors (Lipinski definition) is 1. The van der Waals surface area contributed by atoms with E-state index in [4.69, 9.17) is 16.9 Å². The lowest BCUT2D eigenvalue weighted by Gasteiger charge is -2.33. The molecule has 118 valence electrons. The zero-order chi connectivity index (χ0) is 16.2. The Balaban J connectivity index is 1.58. The van der Waals surface area contributed by atoms with Gasteiger partial charge in [-0.1, -0.05) is 11.6 Å². The first-order valence-electron chi connectivity index (χ1n) is 7.31. The minimum absolute atomic E-state index is 0.0146. The third-order valence-electron chi connectivity index (χ3n) is 3.86. The van der Waals surface area contributed by atoms with Gasteiger partial charge >= 0.3 is 0 Å². The number of amides is 1. The molecule has 1 saturated heterocycles. The van der Waals surface area contributed by atoms with Crippen molar-refractivity contribution in [1.82, 2.24) is 10.3 Å². The number of hydrogen-bond acceptors (Lipinski definition) is 5. The number of halogens is 1. The average molecular weight is 347 g/mol. The van der Waals surface area contributed by atoms with Crippen LogP contribution in [-0.2, 0) is 0 Å². The van der Waals surface area contributed by atoms with Crippen LogP contribution in [0, 0.1) is 11.3 Å². The molecule has 1 amide bonds. The van der Waals surface area contributed by atoms with Crippen molar-refractivity contribution >= 4 is 34.7 Å². The molecule has 0 aliphatic carbocycles. The van der Waals surface area contributed by atoms with Gasteiger partial charge in [0.15, 0.2) is 0 Å². The minimum atomic E-state index is -0.0146. The first-order chi connectivity index (χ1) is 11.2. The number of piperidine rings is 1. The first-order valence-corrected chi connectivity index (χ1v) is 8.63. The van der Waals surface area contributed by atoms with Crippen molar-refractivity contribution in [3.8, 4) is 6.07 Å². The summed E-state index contributed by atoms with van der Waals surface area (Å²) >= 11 is 7.72. The number of nitrogens with zero attached hydrogens (tertiary/aromatic N) is 3. The highest BCUT2D eigenvalue weighted by atomic mass is 35.5. The molecule has 1 aliphatic rings. The molecule has 0 saturated carbocycles. The van der Waals surface area contributed by atoms with Gasteiger partial charge in [-0.15, -0.1) is 0 Å². The lowest BCUT2D eigenvalue weighted by atomic mass is 10.0. The van der Waals surface area contributed by atoms with E-state index >= 15 is 0 Å². The molecule has 0 spiro atoms. The number of aromatic nitrogens is 1. The second-order valence-electron chi connectivity index (χ2n) is 5.39. The number of anilines is 1. The van der Waals surface area contributed by atoms with Gasteiger partial charge in [-0.05, 0) is 30.4 Å². The van der Waals surface area contributed by atoms with Crippen molar-refractivity contribution in [1.29, 1.82) is 5.26 Å². The summed E-state index contributed by atoms with van der Waals surface area (Å²) in [4.78, 5) is 18.4. The van der Waals surface area contributed by atoms with Crippen LogP contribution in [0.5, 0.6) is 0 Å². The highest BCUT2D eigenvalue weighted by Crippen LogP contribution is 2.26. The smallest absolute Gasteiger partial charge is 0.252 e. The molecule has 2 aromatic rings. The Morgan fingerprint density at radius 3 is 2.87 bits per heavy atom. The van der Waals surface area contributed by atoms with E-state index in [0.29, 0.717) is 22.0 Å². The molecule has 0 aromatic carbocycles. The number of carbonyl (C=O) groups excluding carboxylic acids is 1. The fraction of sp³-hybridized carbons (Fsp3) is 0.312. The summed E-state index contributed by atoms with van der Waals surface area (Å²) in [6.07, 6.45) is 3.22. The molecule has 3 rings (SSSR count). The van der Waals surface area contributed by atoms with Gasteiger partial charge in [-0.3, -0.25) is 4.79 Å². The molecule has 2 aromatic heterocycles. The maximum absolute atomic E-state index is 12.1. The fourth-order valence-corrected chi connectivity index (χ4v) is 3.54. The summed E-state index contributed by atoms with van der Waals surface area (Å²) in [5, 5.41) is 16.2. The lowest BCUT2D eigenvalue weighted by molar-refractivity contribution is 0.0931. The van der Waals surface area contributed by atoms with Gasteiger partial charge in [-0.2, -0.15) is 16.6 Å². The molecule has 3 heterocycles. The Morgan fingerprint density at radius 2 is 2.26 bits per heavy atom. The quantitative estimate of drug-likeness (QED) is 0.927. The fourth-order valence-electron chi connectivity index (χ4n) is 2.62. The second-order valence-corrected chi connectivity index (χ2v) is 6.58. The molecule has 5 nitrogen and oxygen atoms in total. The number of pyridine rings is 1. The van der Waals surface area contributed by atoms with Gasteiger partial charge in [0.2, 0.25) is 0 Å². The third-order valence-corrected chi connectivity index (χ3v) is 4.83. The van der Waals surface area contributed by atoms with Crippen LogP contribution in [0.1, 0.15) is 28.8 Å². The van der Waals surface area contributed by atoms with E-state index in [0.717, 1.165) is 25.9 Å². The van der Waals surface area contributed by atoms with Crippen LogP contribution in [0.3, 0.4) is 0 Å². The highest BCUT2D eigenvalue weighted by molar-refractivity contribution is 7.08. The predicted octanol–water partition coefficient (Wildman–Crippen LogP) is 3.07. The van der Waals surface area contributed by atoms with Crippen LogP contribution in [0.15, 0.2) is 29.1 Å². The number of thiophene rings is 1. The SMILES string of the molecule is N#Cc1cnc(N2CCC(NC(=O)c3ccsc3)CC2)c(Cl)c1. The largest absolute Gasteiger partial charge is 0.355 e. The van der Waals surface area contributed by atoms with E-state index in [1.54, 1.807) is 6.07 Å². The predicted molar refractivity (Wildman–Crippen MR) is 91.0 cm³/mol. The van der Waals surface area contributed by atoms with Gasteiger partial charge in [0, 0.05) is 36.3 Å². The molecule has 1 fully saturated rings. The Morgan fingerprint density at radius 1 is 1.48 bits per heavy atom.